The highest BCUT2D eigenvalue weighted by Crippen LogP contribution is 2.27. The molecule has 2 amide bonds. The lowest BCUT2D eigenvalue weighted by Crippen LogP contribution is -2.32. The first kappa shape index (κ1) is 26.6. The molecule has 12 heteroatoms. The molecule has 186 valence electrons. The number of amides is 2. The molecule has 35 heavy (non-hydrogen) atoms. The summed E-state index contributed by atoms with van der Waals surface area (Å²) in [6, 6.07) is 8.29. The van der Waals surface area contributed by atoms with E-state index in [1.54, 1.807) is 0 Å². The Hall–Kier alpha value is -4.61. The molecule has 2 aromatic rings. The van der Waals surface area contributed by atoms with Gasteiger partial charge in [0.05, 0.1) is 45.3 Å². The van der Waals surface area contributed by atoms with Crippen LogP contribution in [0.3, 0.4) is 0 Å². The Bertz CT molecular complexity index is 1130. The van der Waals surface area contributed by atoms with Crippen LogP contribution >= 0.6 is 0 Å². The van der Waals surface area contributed by atoms with E-state index in [0.717, 1.165) is 7.11 Å². The van der Waals surface area contributed by atoms with Crippen LogP contribution in [0.1, 0.15) is 31.1 Å². The molecule has 0 atom stereocenters. The van der Waals surface area contributed by atoms with Crippen LogP contribution in [0.25, 0.3) is 0 Å². The monoisotopic (exact) mass is 488 g/mol. The van der Waals surface area contributed by atoms with Crippen molar-refractivity contribution in [3.63, 3.8) is 0 Å². The topological polar surface area (TPSA) is 156 Å². The van der Waals surface area contributed by atoms with Gasteiger partial charge in [0.25, 0.3) is 11.8 Å². The minimum Gasteiger partial charge on any atom is -0.493 e. The van der Waals surface area contributed by atoms with Crippen molar-refractivity contribution in [3.05, 3.63) is 53.1 Å². The molecule has 0 spiro atoms. The van der Waals surface area contributed by atoms with Crippen molar-refractivity contribution in [3.8, 4) is 11.5 Å². The van der Waals surface area contributed by atoms with Crippen LogP contribution in [0.15, 0.2) is 36.4 Å². The Morgan fingerprint density at radius 2 is 1.43 bits per heavy atom. The van der Waals surface area contributed by atoms with Gasteiger partial charge in [-0.25, -0.2) is 9.59 Å². The van der Waals surface area contributed by atoms with Crippen LogP contribution in [0.4, 0.5) is 5.69 Å². The molecule has 2 N–H and O–H groups in total. The molecular formula is C23H24N2O10. The highest BCUT2D eigenvalue weighted by molar-refractivity contribution is 6.04. The van der Waals surface area contributed by atoms with Crippen molar-refractivity contribution in [1.29, 1.82) is 0 Å². The maximum Gasteiger partial charge on any atom is 0.339 e. The van der Waals surface area contributed by atoms with E-state index in [-0.39, 0.29) is 22.4 Å². The van der Waals surface area contributed by atoms with Gasteiger partial charge in [0.2, 0.25) is 0 Å². The van der Waals surface area contributed by atoms with Gasteiger partial charge >= 0.3 is 17.9 Å². The maximum atomic E-state index is 12.3. The Balaban J connectivity index is 1.94. The minimum atomic E-state index is -0.884. The van der Waals surface area contributed by atoms with Crippen molar-refractivity contribution < 1.29 is 47.7 Å². The second kappa shape index (κ2) is 12.6. The van der Waals surface area contributed by atoms with Gasteiger partial charge in [-0.1, -0.05) is 0 Å². The van der Waals surface area contributed by atoms with E-state index in [2.05, 4.69) is 20.1 Å². The standard InChI is InChI=1S/C23H24N2O10/c1-31-17-8-6-13(10-18(17)32-2)21(28)24-11-20(27)35-12-19(26)25-16-9-14(22(29)33-3)5-7-15(16)23(30)34-4/h5-10H,11-12H2,1-4H3,(H,24,28)(H,25,26). The van der Waals surface area contributed by atoms with E-state index in [1.807, 2.05) is 0 Å². The molecule has 0 saturated heterocycles. The van der Waals surface area contributed by atoms with Crippen LogP contribution in [0, 0.1) is 0 Å². The van der Waals surface area contributed by atoms with Gasteiger partial charge in [0.1, 0.15) is 6.54 Å². The fourth-order valence-electron chi connectivity index (χ4n) is 2.80. The number of esters is 3. The SMILES string of the molecule is COC(=O)c1ccc(C(=O)OC)c(NC(=O)COC(=O)CNC(=O)c2ccc(OC)c(OC)c2)c1. The number of carbonyl (C=O) groups excluding carboxylic acids is 5. The number of hydrogen-bond donors (Lipinski definition) is 2. The molecule has 12 nitrogen and oxygen atoms in total. The average molecular weight is 488 g/mol. The third kappa shape index (κ3) is 7.19. The normalized spacial score (nSPS) is 9.94. The van der Waals surface area contributed by atoms with Crippen molar-refractivity contribution >= 4 is 35.4 Å². The predicted octanol–water partition coefficient (Wildman–Crippen LogP) is 1.19. The van der Waals surface area contributed by atoms with E-state index in [0.29, 0.717) is 11.5 Å². The number of benzene rings is 2. The van der Waals surface area contributed by atoms with Crippen LogP contribution < -0.4 is 20.1 Å². The van der Waals surface area contributed by atoms with Gasteiger partial charge in [0.15, 0.2) is 18.1 Å². The molecule has 0 unspecified atom stereocenters. The number of anilines is 1. The molecule has 2 aromatic carbocycles. The van der Waals surface area contributed by atoms with Gasteiger partial charge in [0, 0.05) is 5.56 Å². The molecule has 0 saturated carbocycles. The molecule has 0 bridgehead atoms. The fourth-order valence-corrected chi connectivity index (χ4v) is 2.80. The molecular weight excluding hydrogens is 464 g/mol. The number of nitrogens with one attached hydrogen (secondary N) is 2. The summed E-state index contributed by atoms with van der Waals surface area (Å²) in [5.41, 5.74) is 0.226. The number of hydrogen-bond acceptors (Lipinski definition) is 10. The Morgan fingerprint density at radius 3 is 2.06 bits per heavy atom. The maximum absolute atomic E-state index is 12.3. The number of methoxy groups -OCH3 is 4. The van der Waals surface area contributed by atoms with Gasteiger partial charge in [-0.2, -0.15) is 0 Å². The second-order valence-electron chi connectivity index (χ2n) is 6.70. The van der Waals surface area contributed by atoms with Crippen molar-refractivity contribution in [2.75, 3.05) is 46.9 Å². The first-order valence-electron chi connectivity index (χ1n) is 10.00. The van der Waals surface area contributed by atoms with Gasteiger partial charge in [-0.15, -0.1) is 0 Å². The first-order chi connectivity index (χ1) is 16.7. The molecule has 0 aliphatic rings. The van der Waals surface area contributed by atoms with E-state index in [1.165, 1.54) is 57.7 Å². The van der Waals surface area contributed by atoms with Crippen LogP contribution in [-0.2, 0) is 23.8 Å². The van der Waals surface area contributed by atoms with E-state index in [9.17, 15) is 24.0 Å². The summed E-state index contributed by atoms with van der Waals surface area (Å²) < 4.78 is 24.4. The summed E-state index contributed by atoms with van der Waals surface area (Å²) in [6.45, 7) is -1.22. The number of rotatable bonds is 10. The first-order valence-corrected chi connectivity index (χ1v) is 10.00. The zero-order valence-corrected chi connectivity index (χ0v) is 19.5. The largest absolute Gasteiger partial charge is 0.493 e. The zero-order chi connectivity index (χ0) is 26.0. The summed E-state index contributed by atoms with van der Waals surface area (Å²) in [5, 5.41) is 4.74. The number of carbonyl (C=O) groups is 5. The highest BCUT2D eigenvalue weighted by atomic mass is 16.5. The smallest absolute Gasteiger partial charge is 0.339 e. The average Bonchev–Trinajstić information content (AvgIpc) is 2.88. The summed E-state index contributed by atoms with van der Waals surface area (Å²) in [6.07, 6.45) is 0. The summed E-state index contributed by atoms with van der Waals surface area (Å²) in [7, 11) is 5.20. The predicted molar refractivity (Wildman–Crippen MR) is 121 cm³/mol. The lowest BCUT2D eigenvalue weighted by Gasteiger charge is -2.12. The lowest BCUT2D eigenvalue weighted by atomic mass is 10.1. The molecule has 0 radical (unpaired) electrons. The van der Waals surface area contributed by atoms with Crippen molar-refractivity contribution in [2.24, 2.45) is 0 Å². The van der Waals surface area contributed by atoms with Gasteiger partial charge in [-0.3, -0.25) is 14.4 Å². The molecule has 0 aliphatic carbocycles. The fraction of sp³-hybridized carbons (Fsp3) is 0.261. The Morgan fingerprint density at radius 1 is 0.771 bits per heavy atom. The highest BCUT2D eigenvalue weighted by Gasteiger charge is 2.18. The third-order valence-corrected chi connectivity index (χ3v) is 4.52. The number of ether oxygens (including phenoxy) is 5. The van der Waals surface area contributed by atoms with Gasteiger partial charge in [-0.05, 0) is 36.4 Å². The second-order valence-corrected chi connectivity index (χ2v) is 6.70. The molecule has 0 heterocycles. The minimum absolute atomic E-state index is 0.0259. The van der Waals surface area contributed by atoms with Gasteiger partial charge < -0.3 is 34.3 Å². The van der Waals surface area contributed by atoms with Crippen LogP contribution in [0.5, 0.6) is 11.5 Å². The van der Waals surface area contributed by atoms with Crippen molar-refractivity contribution in [2.45, 2.75) is 0 Å². The molecule has 0 aliphatic heterocycles. The zero-order valence-electron chi connectivity index (χ0n) is 19.5. The molecule has 0 fully saturated rings. The molecule has 0 aromatic heterocycles. The third-order valence-electron chi connectivity index (χ3n) is 4.52. The van der Waals surface area contributed by atoms with E-state index in [4.69, 9.17) is 14.2 Å². The van der Waals surface area contributed by atoms with Crippen molar-refractivity contribution in [1.82, 2.24) is 5.32 Å². The summed E-state index contributed by atoms with van der Waals surface area (Å²) >= 11 is 0. The van der Waals surface area contributed by atoms with Crippen LogP contribution in [0.2, 0.25) is 0 Å². The Labute approximate surface area is 200 Å². The van der Waals surface area contributed by atoms with Crippen LogP contribution in [-0.4, -0.2) is 71.3 Å². The lowest BCUT2D eigenvalue weighted by molar-refractivity contribution is -0.146. The quantitative estimate of drug-likeness (QED) is 0.368. The summed E-state index contributed by atoms with van der Waals surface area (Å²) in [5.74, 6) is -2.93. The molecule has 2 rings (SSSR count). The summed E-state index contributed by atoms with van der Waals surface area (Å²) in [4.78, 5) is 60.2. The van der Waals surface area contributed by atoms with E-state index >= 15 is 0 Å². The Kier molecular flexibility index (Phi) is 9.58. The van der Waals surface area contributed by atoms with E-state index < -0.39 is 42.9 Å².